The zero-order chi connectivity index (χ0) is 16.1. The topological polar surface area (TPSA) is 85.8 Å². The van der Waals surface area contributed by atoms with Gasteiger partial charge in [0.25, 0.3) is 11.1 Å². The van der Waals surface area contributed by atoms with Crippen LogP contribution in [0.1, 0.15) is 39.0 Å². The van der Waals surface area contributed by atoms with Gasteiger partial charge in [-0.25, -0.2) is 0 Å². The summed E-state index contributed by atoms with van der Waals surface area (Å²) in [6.07, 6.45) is 9.41. The van der Waals surface area contributed by atoms with Gasteiger partial charge >= 0.3 is 0 Å². The van der Waals surface area contributed by atoms with E-state index in [1.807, 2.05) is 13.1 Å². The number of hydrogen-bond donors (Lipinski definition) is 1. The van der Waals surface area contributed by atoms with Crippen molar-refractivity contribution in [3.05, 3.63) is 12.4 Å². The van der Waals surface area contributed by atoms with E-state index in [1.54, 1.807) is 10.9 Å². The zero-order valence-electron chi connectivity index (χ0n) is 13.2. The lowest BCUT2D eigenvalue weighted by Gasteiger charge is -2.22. The number of amides is 1. The van der Waals surface area contributed by atoms with Crippen LogP contribution in [0.25, 0.3) is 11.5 Å². The number of carbonyl (C=O) groups excluding carboxylic acids is 1. The Balaban J connectivity index is 1.49. The quantitative estimate of drug-likeness (QED) is 0.816. The third-order valence-corrected chi connectivity index (χ3v) is 4.73. The number of carbonyl (C=O) groups is 1. The molecule has 1 aliphatic carbocycles. The van der Waals surface area contributed by atoms with Crippen LogP contribution in [0.15, 0.2) is 22.0 Å². The number of aryl methyl sites for hydroxylation is 1. The van der Waals surface area contributed by atoms with Crippen LogP contribution in [0, 0.1) is 0 Å². The molecule has 0 spiro atoms. The van der Waals surface area contributed by atoms with E-state index < -0.39 is 0 Å². The summed E-state index contributed by atoms with van der Waals surface area (Å²) in [7, 11) is 0. The van der Waals surface area contributed by atoms with Gasteiger partial charge in [0.1, 0.15) is 0 Å². The van der Waals surface area contributed by atoms with Crippen LogP contribution >= 0.6 is 11.8 Å². The molecule has 0 radical (unpaired) electrons. The summed E-state index contributed by atoms with van der Waals surface area (Å²) in [6, 6.07) is 0.329. The third-order valence-electron chi connectivity index (χ3n) is 3.91. The zero-order valence-corrected chi connectivity index (χ0v) is 14.0. The molecule has 2 aromatic rings. The molecule has 1 aliphatic rings. The molecule has 2 heterocycles. The van der Waals surface area contributed by atoms with Crippen molar-refractivity contribution in [1.29, 1.82) is 0 Å². The molecule has 1 N–H and O–H groups in total. The first-order valence-electron chi connectivity index (χ1n) is 8.03. The van der Waals surface area contributed by atoms with E-state index in [2.05, 4.69) is 20.6 Å². The van der Waals surface area contributed by atoms with E-state index in [1.165, 1.54) is 31.0 Å². The SMILES string of the molecule is CCn1cc(-c2nnc(SCC(=O)NC3CCCCC3)o2)cn1. The van der Waals surface area contributed by atoms with Crippen LogP contribution in [0.3, 0.4) is 0 Å². The Morgan fingerprint density at radius 1 is 1.39 bits per heavy atom. The van der Waals surface area contributed by atoms with Gasteiger partial charge < -0.3 is 9.73 Å². The molecule has 0 aromatic carbocycles. The summed E-state index contributed by atoms with van der Waals surface area (Å²) in [5.41, 5.74) is 0.790. The van der Waals surface area contributed by atoms with Gasteiger partial charge in [-0.1, -0.05) is 31.0 Å². The molecule has 0 bridgehead atoms. The average molecular weight is 335 g/mol. The highest BCUT2D eigenvalue weighted by Gasteiger charge is 2.17. The van der Waals surface area contributed by atoms with Crippen LogP contribution in [0.2, 0.25) is 0 Å². The Kier molecular flexibility index (Phi) is 5.32. The molecule has 1 amide bonds. The summed E-state index contributed by atoms with van der Waals surface area (Å²) < 4.78 is 7.37. The van der Waals surface area contributed by atoms with Crippen molar-refractivity contribution in [3.8, 4) is 11.5 Å². The van der Waals surface area contributed by atoms with Crippen LogP contribution in [0.4, 0.5) is 0 Å². The van der Waals surface area contributed by atoms with Crippen molar-refractivity contribution >= 4 is 17.7 Å². The molecule has 1 saturated carbocycles. The molecule has 124 valence electrons. The van der Waals surface area contributed by atoms with Crippen LogP contribution in [-0.4, -0.2) is 37.7 Å². The number of aromatic nitrogens is 4. The minimum atomic E-state index is 0.0282. The fourth-order valence-electron chi connectivity index (χ4n) is 2.68. The molecule has 0 saturated heterocycles. The molecular weight excluding hydrogens is 314 g/mol. The van der Waals surface area contributed by atoms with Gasteiger partial charge in [0, 0.05) is 18.8 Å². The second kappa shape index (κ2) is 7.63. The first-order valence-corrected chi connectivity index (χ1v) is 9.01. The van der Waals surface area contributed by atoms with E-state index in [0.717, 1.165) is 24.9 Å². The van der Waals surface area contributed by atoms with E-state index in [-0.39, 0.29) is 5.91 Å². The Hall–Kier alpha value is -1.83. The molecule has 0 aliphatic heterocycles. The maximum Gasteiger partial charge on any atom is 0.277 e. The number of hydrogen-bond acceptors (Lipinski definition) is 6. The molecular formula is C15H21N5O2S. The number of thioether (sulfide) groups is 1. The standard InChI is InChI=1S/C15H21N5O2S/c1-2-20-9-11(8-16-20)14-18-19-15(22-14)23-10-13(21)17-12-6-4-3-5-7-12/h8-9,12H,2-7,10H2,1H3,(H,17,21). The fourth-order valence-corrected chi connectivity index (χ4v) is 3.25. The second-order valence-electron chi connectivity index (χ2n) is 5.65. The van der Waals surface area contributed by atoms with Gasteiger partial charge in [-0.05, 0) is 19.8 Å². The Morgan fingerprint density at radius 2 is 2.22 bits per heavy atom. The van der Waals surface area contributed by atoms with Crippen molar-refractivity contribution in [1.82, 2.24) is 25.3 Å². The summed E-state index contributed by atoms with van der Waals surface area (Å²) in [5.74, 6) is 0.757. The van der Waals surface area contributed by atoms with Gasteiger partial charge in [-0.2, -0.15) is 5.10 Å². The first-order chi connectivity index (χ1) is 11.2. The van der Waals surface area contributed by atoms with Crippen molar-refractivity contribution in [2.24, 2.45) is 0 Å². The smallest absolute Gasteiger partial charge is 0.277 e. The van der Waals surface area contributed by atoms with Gasteiger partial charge in [-0.3, -0.25) is 9.48 Å². The van der Waals surface area contributed by atoms with Gasteiger partial charge in [0.15, 0.2) is 0 Å². The Bertz CT molecular complexity index is 648. The fraction of sp³-hybridized carbons (Fsp3) is 0.600. The summed E-state index contributed by atoms with van der Waals surface area (Å²) in [4.78, 5) is 12.0. The minimum Gasteiger partial charge on any atom is -0.411 e. The minimum absolute atomic E-state index is 0.0282. The molecule has 1 fully saturated rings. The lowest BCUT2D eigenvalue weighted by molar-refractivity contribution is -0.119. The summed E-state index contributed by atoms with van der Waals surface area (Å²) in [6.45, 7) is 2.80. The molecule has 23 heavy (non-hydrogen) atoms. The maximum atomic E-state index is 12.0. The first kappa shape index (κ1) is 16.0. The predicted octanol–water partition coefficient (Wildman–Crippen LogP) is 2.49. The largest absolute Gasteiger partial charge is 0.411 e. The second-order valence-corrected chi connectivity index (χ2v) is 6.58. The van der Waals surface area contributed by atoms with Crippen molar-refractivity contribution < 1.29 is 9.21 Å². The van der Waals surface area contributed by atoms with Crippen LogP contribution in [-0.2, 0) is 11.3 Å². The van der Waals surface area contributed by atoms with Gasteiger partial charge in [0.2, 0.25) is 5.91 Å². The average Bonchev–Trinajstić information content (AvgIpc) is 3.23. The van der Waals surface area contributed by atoms with E-state index in [9.17, 15) is 4.79 Å². The number of nitrogens with zero attached hydrogens (tertiary/aromatic N) is 4. The van der Waals surface area contributed by atoms with E-state index in [0.29, 0.717) is 22.9 Å². The molecule has 8 heteroatoms. The summed E-state index contributed by atoms with van der Waals surface area (Å²) >= 11 is 1.27. The third kappa shape index (κ3) is 4.34. The number of rotatable bonds is 6. The lowest BCUT2D eigenvalue weighted by Crippen LogP contribution is -2.37. The highest BCUT2D eigenvalue weighted by molar-refractivity contribution is 7.99. The Morgan fingerprint density at radius 3 is 2.96 bits per heavy atom. The van der Waals surface area contributed by atoms with Crippen LogP contribution < -0.4 is 5.32 Å². The summed E-state index contributed by atoms with van der Waals surface area (Å²) in [5, 5.41) is 15.6. The molecule has 2 aromatic heterocycles. The molecule has 7 nitrogen and oxygen atoms in total. The van der Waals surface area contributed by atoms with Crippen molar-refractivity contribution in [2.75, 3.05) is 5.75 Å². The predicted molar refractivity (Wildman–Crippen MR) is 86.9 cm³/mol. The maximum absolute atomic E-state index is 12.0. The van der Waals surface area contributed by atoms with Crippen molar-refractivity contribution in [3.63, 3.8) is 0 Å². The normalized spacial score (nSPS) is 15.7. The van der Waals surface area contributed by atoms with Crippen LogP contribution in [0.5, 0.6) is 0 Å². The molecule has 0 unspecified atom stereocenters. The lowest BCUT2D eigenvalue weighted by atomic mass is 9.95. The highest BCUT2D eigenvalue weighted by Crippen LogP contribution is 2.23. The number of nitrogens with one attached hydrogen (secondary N) is 1. The van der Waals surface area contributed by atoms with Crippen molar-refractivity contribution in [2.45, 2.75) is 56.8 Å². The highest BCUT2D eigenvalue weighted by atomic mass is 32.2. The van der Waals surface area contributed by atoms with E-state index >= 15 is 0 Å². The molecule has 3 rings (SSSR count). The Labute approximate surface area is 139 Å². The van der Waals surface area contributed by atoms with Gasteiger partial charge in [0.05, 0.1) is 17.5 Å². The van der Waals surface area contributed by atoms with Gasteiger partial charge in [-0.15, -0.1) is 10.2 Å². The monoisotopic (exact) mass is 335 g/mol. The van der Waals surface area contributed by atoms with E-state index in [4.69, 9.17) is 4.42 Å². The molecule has 0 atom stereocenters.